The molecule has 0 bridgehead atoms. The number of furan rings is 1. The minimum absolute atomic E-state index is 0.0260. The molecule has 3 aromatic rings. The van der Waals surface area contributed by atoms with Gasteiger partial charge in [0.15, 0.2) is 0 Å². The Hall–Kier alpha value is -1.47. The average Bonchev–Trinajstić information content (AvgIpc) is 2.66. The first kappa shape index (κ1) is 9.73. The van der Waals surface area contributed by atoms with Crippen molar-refractivity contribution in [2.45, 2.75) is 12.3 Å². The van der Waals surface area contributed by atoms with Crippen molar-refractivity contribution < 1.29 is 4.42 Å². The van der Waals surface area contributed by atoms with Crippen molar-refractivity contribution in [1.82, 2.24) is 0 Å². The second-order valence-corrected chi connectivity index (χ2v) is 4.62. The van der Waals surface area contributed by atoms with Crippen LogP contribution in [-0.2, 0) is 0 Å². The van der Waals surface area contributed by atoms with E-state index in [9.17, 15) is 0 Å². The van der Waals surface area contributed by atoms with Crippen LogP contribution in [0.3, 0.4) is 0 Å². The number of fused-ring (bicyclic) bond motifs is 3. The Balaban J connectivity index is 2.40. The monoisotopic (exact) mass is 230 g/mol. The first-order valence-corrected chi connectivity index (χ1v) is 5.74. The Kier molecular flexibility index (Phi) is 2.15. The number of hydrogen-bond donors (Lipinski definition) is 0. The molecule has 0 N–H and O–H groups in total. The highest BCUT2D eigenvalue weighted by atomic mass is 35.5. The number of alkyl halides is 1. The van der Waals surface area contributed by atoms with E-state index >= 15 is 0 Å². The molecule has 80 valence electrons. The number of rotatable bonds is 1. The zero-order chi connectivity index (χ0) is 11.1. The van der Waals surface area contributed by atoms with Gasteiger partial charge < -0.3 is 4.42 Å². The molecule has 0 fully saturated rings. The molecule has 2 heteroatoms. The second-order valence-electron chi connectivity index (χ2n) is 3.97. The van der Waals surface area contributed by atoms with E-state index in [0.29, 0.717) is 0 Å². The van der Waals surface area contributed by atoms with E-state index in [1.165, 1.54) is 0 Å². The van der Waals surface area contributed by atoms with E-state index in [1.54, 1.807) is 0 Å². The summed E-state index contributed by atoms with van der Waals surface area (Å²) in [6.45, 7) is 1.98. The van der Waals surface area contributed by atoms with Crippen molar-refractivity contribution in [3.05, 3.63) is 48.0 Å². The first-order chi connectivity index (χ1) is 7.75. The summed E-state index contributed by atoms with van der Waals surface area (Å²) in [7, 11) is 0. The summed E-state index contributed by atoms with van der Waals surface area (Å²) in [4.78, 5) is 0. The summed E-state index contributed by atoms with van der Waals surface area (Å²) < 4.78 is 5.74. The van der Waals surface area contributed by atoms with Gasteiger partial charge in [0.1, 0.15) is 11.2 Å². The zero-order valence-electron chi connectivity index (χ0n) is 8.91. The van der Waals surface area contributed by atoms with Gasteiger partial charge in [0.2, 0.25) is 0 Å². The highest BCUT2D eigenvalue weighted by molar-refractivity contribution is 6.20. The van der Waals surface area contributed by atoms with Crippen LogP contribution in [0.2, 0.25) is 0 Å². The van der Waals surface area contributed by atoms with Gasteiger partial charge in [-0.3, -0.25) is 0 Å². The fourth-order valence-electron chi connectivity index (χ4n) is 1.99. The van der Waals surface area contributed by atoms with Gasteiger partial charge in [-0.15, -0.1) is 11.6 Å². The Morgan fingerprint density at radius 3 is 2.56 bits per heavy atom. The molecule has 2 aromatic carbocycles. The molecule has 0 unspecified atom stereocenters. The van der Waals surface area contributed by atoms with E-state index in [4.69, 9.17) is 16.0 Å². The summed E-state index contributed by atoms with van der Waals surface area (Å²) in [6, 6.07) is 14.2. The Labute approximate surface area is 98.6 Å². The molecule has 0 aliphatic heterocycles. The molecule has 0 amide bonds. The van der Waals surface area contributed by atoms with Crippen molar-refractivity contribution in [2.24, 2.45) is 0 Å². The molecule has 1 nitrogen and oxygen atoms in total. The summed E-state index contributed by atoms with van der Waals surface area (Å²) in [5, 5.41) is 2.32. The number of halogens is 1. The molecular weight excluding hydrogens is 220 g/mol. The van der Waals surface area contributed by atoms with Gasteiger partial charge in [0.25, 0.3) is 0 Å². The normalized spacial score (nSPS) is 13.4. The van der Waals surface area contributed by atoms with E-state index in [-0.39, 0.29) is 5.38 Å². The van der Waals surface area contributed by atoms with Gasteiger partial charge >= 0.3 is 0 Å². The van der Waals surface area contributed by atoms with Gasteiger partial charge in [0, 0.05) is 10.8 Å². The Bertz CT molecular complexity index is 652. The first-order valence-electron chi connectivity index (χ1n) is 5.31. The van der Waals surface area contributed by atoms with Crippen molar-refractivity contribution in [2.75, 3.05) is 0 Å². The molecule has 3 rings (SSSR count). The highest BCUT2D eigenvalue weighted by Gasteiger charge is 2.08. The van der Waals surface area contributed by atoms with Crippen LogP contribution in [0, 0.1) is 0 Å². The fourth-order valence-corrected chi connectivity index (χ4v) is 2.13. The van der Waals surface area contributed by atoms with Gasteiger partial charge in [0.05, 0.1) is 5.38 Å². The van der Waals surface area contributed by atoms with E-state index in [2.05, 4.69) is 12.1 Å². The average molecular weight is 231 g/mol. The van der Waals surface area contributed by atoms with Gasteiger partial charge in [-0.2, -0.15) is 0 Å². The molecule has 0 saturated heterocycles. The summed E-state index contributed by atoms with van der Waals surface area (Å²) in [5.41, 5.74) is 2.97. The molecule has 0 aliphatic rings. The maximum atomic E-state index is 6.09. The molecule has 1 atom stereocenters. The lowest BCUT2D eigenvalue weighted by Crippen LogP contribution is -1.82. The summed E-state index contributed by atoms with van der Waals surface area (Å²) in [5.74, 6) is 0. The van der Waals surface area contributed by atoms with Crippen LogP contribution >= 0.6 is 11.6 Å². The minimum atomic E-state index is 0.0260. The van der Waals surface area contributed by atoms with Crippen molar-refractivity contribution in [3.8, 4) is 0 Å². The van der Waals surface area contributed by atoms with Crippen molar-refractivity contribution in [3.63, 3.8) is 0 Å². The molecular formula is C14H11ClO. The lowest BCUT2D eigenvalue weighted by Gasteiger charge is -2.01. The van der Waals surface area contributed by atoms with Crippen LogP contribution in [-0.4, -0.2) is 0 Å². The second kappa shape index (κ2) is 3.53. The van der Waals surface area contributed by atoms with E-state index in [0.717, 1.165) is 27.5 Å². The summed E-state index contributed by atoms with van der Waals surface area (Å²) in [6.07, 6.45) is 0. The van der Waals surface area contributed by atoms with Crippen LogP contribution in [0.5, 0.6) is 0 Å². The van der Waals surface area contributed by atoms with Crippen molar-refractivity contribution in [1.29, 1.82) is 0 Å². The van der Waals surface area contributed by atoms with Crippen LogP contribution < -0.4 is 0 Å². The Morgan fingerprint density at radius 1 is 1.00 bits per heavy atom. The summed E-state index contributed by atoms with van der Waals surface area (Å²) >= 11 is 6.09. The van der Waals surface area contributed by atoms with Gasteiger partial charge in [-0.25, -0.2) is 0 Å². The Morgan fingerprint density at radius 2 is 1.75 bits per heavy atom. The number of benzene rings is 2. The van der Waals surface area contributed by atoms with Crippen LogP contribution in [0.25, 0.3) is 21.9 Å². The lowest BCUT2D eigenvalue weighted by molar-refractivity contribution is 0.669. The molecule has 0 aliphatic carbocycles. The number of para-hydroxylation sites is 1. The van der Waals surface area contributed by atoms with Crippen LogP contribution in [0.4, 0.5) is 0 Å². The zero-order valence-corrected chi connectivity index (χ0v) is 9.66. The standard InChI is InChI=1S/C14H11ClO/c1-9(15)10-6-7-14-12(8-10)11-4-2-3-5-13(11)16-14/h2-9H,1H3/t9-/m1/s1. The quantitative estimate of drug-likeness (QED) is 0.543. The molecule has 0 saturated carbocycles. The minimum Gasteiger partial charge on any atom is -0.456 e. The smallest absolute Gasteiger partial charge is 0.135 e. The molecule has 0 radical (unpaired) electrons. The molecule has 1 aromatic heterocycles. The predicted molar refractivity (Wildman–Crippen MR) is 68.0 cm³/mol. The molecule has 0 spiro atoms. The molecule has 1 heterocycles. The lowest BCUT2D eigenvalue weighted by atomic mass is 10.1. The van der Waals surface area contributed by atoms with Crippen LogP contribution in [0.15, 0.2) is 46.9 Å². The third-order valence-corrected chi connectivity index (χ3v) is 3.11. The number of hydrogen-bond acceptors (Lipinski definition) is 1. The van der Waals surface area contributed by atoms with Gasteiger partial charge in [-0.05, 0) is 30.7 Å². The molecule has 16 heavy (non-hydrogen) atoms. The maximum absolute atomic E-state index is 6.09. The topological polar surface area (TPSA) is 13.1 Å². The van der Waals surface area contributed by atoms with E-state index in [1.807, 2.05) is 37.3 Å². The fraction of sp³-hybridized carbons (Fsp3) is 0.143. The van der Waals surface area contributed by atoms with Crippen LogP contribution in [0.1, 0.15) is 17.9 Å². The van der Waals surface area contributed by atoms with Crippen molar-refractivity contribution >= 4 is 33.5 Å². The largest absolute Gasteiger partial charge is 0.456 e. The third-order valence-electron chi connectivity index (χ3n) is 2.86. The van der Waals surface area contributed by atoms with Gasteiger partial charge in [-0.1, -0.05) is 24.3 Å². The third kappa shape index (κ3) is 1.40. The predicted octanol–water partition coefficient (Wildman–Crippen LogP) is 4.89. The SMILES string of the molecule is C[C@@H](Cl)c1ccc2oc3ccccc3c2c1. The highest BCUT2D eigenvalue weighted by Crippen LogP contribution is 2.31. The maximum Gasteiger partial charge on any atom is 0.135 e. The van der Waals surface area contributed by atoms with E-state index < -0.39 is 0 Å².